The van der Waals surface area contributed by atoms with Crippen LogP contribution in [0.3, 0.4) is 0 Å². The maximum atomic E-state index is 12.8. The third-order valence-corrected chi connectivity index (χ3v) is 3.84. The zero-order valence-electron chi connectivity index (χ0n) is 9.57. The van der Waals surface area contributed by atoms with Gasteiger partial charge in [0.15, 0.2) is 0 Å². The Hall–Kier alpha value is -1.18. The van der Waals surface area contributed by atoms with Crippen LogP contribution in [0.5, 0.6) is 0 Å². The van der Waals surface area contributed by atoms with E-state index in [0.29, 0.717) is 0 Å². The van der Waals surface area contributed by atoms with Gasteiger partial charge in [0.1, 0.15) is 10.7 Å². The van der Waals surface area contributed by atoms with Crippen LogP contribution >= 0.6 is 0 Å². The van der Waals surface area contributed by atoms with Crippen molar-refractivity contribution in [2.45, 2.75) is 24.3 Å². The Morgan fingerprint density at radius 2 is 2.06 bits per heavy atom. The second-order valence-corrected chi connectivity index (χ2v) is 5.98. The predicted molar refractivity (Wildman–Crippen MR) is 62.3 cm³/mol. The lowest BCUT2D eigenvalue weighted by Crippen LogP contribution is -2.46. The lowest BCUT2D eigenvalue weighted by Gasteiger charge is -2.23. The Kier molecular flexibility index (Phi) is 3.75. The molecule has 0 atom stereocenters. The molecule has 0 saturated carbocycles. The largest absolute Gasteiger partial charge is 0.398 e. The van der Waals surface area contributed by atoms with E-state index in [1.807, 2.05) is 0 Å². The highest BCUT2D eigenvalue weighted by molar-refractivity contribution is 7.89. The van der Waals surface area contributed by atoms with E-state index < -0.39 is 21.4 Å². The molecular formula is C10H15FN2O3S. The number of aliphatic hydroxyl groups is 1. The minimum atomic E-state index is -3.88. The van der Waals surface area contributed by atoms with Gasteiger partial charge in [0.2, 0.25) is 10.0 Å². The minimum absolute atomic E-state index is 0.175. The van der Waals surface area contributed by atoms with Gasteiger partial charge >= 0.3 is 0 Å². The predicted octanol–water partition coefficient (Wildman–Crippen LogP) is 0.457. The molecule has 0 spiro atoms. The normalized spacial score (nSPS) is 12.7. The molecule has 0 unspecified atom stereocenters. The summed E-state index contributed by atoms with van der Waals surface area (Å²) in [5.41, 5.74) is 4.26. The number of hydrogen-bond acceptors (Lipinski definition) is 4. The molecule has 0 fully saturated rings. The molecule has 0 aromatic heterocycles. The number of rotatable bonds is 4. The van der Waals surface area contributed by atoms with Gasteiger partial charge in [0, 0.05) is 0 Å². The second-order valence-electron chi connectivity index (χ2n) is 4.33. The van der Waals surface area contributed by atoms with Crippen LogP contribution in [0.15, 0.2) is 23.1 Å². The monoisotopic (exact) mass is 262 g/mol. The molecule has 0 aliphatic heterocycles. The first-order chi connectivity index (χ1) is 7.68. The summed E-state index contributed by atoms with van der Waals surface area (Å²) < 4.78 is 38.9. The standard InChI is InChI=1S/C10H15FN2O3S/c1-10(2,6-14)13-17(15,16)9-4-3-7(11)5-8(9)12/h3-5,13-14H,6,12H2,1-2H3. The molecule has 17 heavy (non-hydrogen) atoms. The summed E-state index contributed by atoms with van der Waals surface area (Å²) in [6.45, 7) is 2.67. The van der Waals surface area contributed by atoms with Gasteiger partial charge in [-0.2, -0.15) is 0 Å². The fourth-order valence-electron chi connectivity index (χ4n) is 1.22. The van der Waals surface area contributed by atoms with Crippen LogP contribution in [-0.4, -0.2) is 25.7 Å². The van der Waals surface area contributed by atoms with E-state index in [1.165, 1.54) is 13.8 Å². The molecule has 0 amide bonds. The van der Waals surface area contributed by atoms with Gasteiger partial charge in [0.25, 0.3) is 0 Å². The number of nitrogens with one attached hydrogen (secondary N) is 1. The molecule has 5 nitrogen and oxygen atoms in total. The Morgan fingerprint density at radius 1 is 1.47 bits per heavy atom. The number of benzene rings is 1. The Labute approximate surface area is 99.5 Å². The molecule has 1 aromatic carbocycles. The van der Waals surface area contributed by atoms with Crippen molar-refractivity contribution in [3.05, 3.63) is 24.0 Å². The van der Waals surface area contributed by atoms with Crippen LogP contribution in [0.1, 0.15) is 13.8 Å². The second kappa shape index (κ2) is 4.59. The summed E-state index contributed by atoms with van der Waals surface area (Å²) >= 11 is 0. The van der Waals surface area contributed by atoms with Crippen molar-refractivity contribution < 1.29 is 17.9 Å². The van der Waals surface area contributed by atoms with E-state index in [-0.39, 0.29) is 17.2 Å². The van der Waals surface area contributed by atoms with Crippen LogP contribution in [0.4, 0.5) is 10.1 Å². The molecule has 4 N–H and O–H groups in total. The van der Waals surface area contributed by atoms with Crippen molar-refractivity contribution in [2.75, 3.05) is 12.3 Å². The highest BCUT2D eigenvalue weighted by Gasteiger charge is 2.26. The zero-order chi connectivity index (χ0) is 13.3. The van der Waals surface area contributed by atoms with Crippen molar-refractivity contribution in [3.8, 4) is 0 Å². The topological polar surface area (TPSA) is 92.4 Å². The summed E-state index contributed by atoms with van der Waals surface area (Å²) in [7, 11) is -3.88. The maximum Gasteiger partial charge on any atom is 0.243 e. The number of sulfonamides is 1. The van der Waals surface area contributed by atoms with Crippen LogP contribution in [-0.2, 0) is 10.0 Å². The minimum Gasteiger partial charge on any atom is -0.398 e. The van der Waals surface area contributed by atoms with Gasteiger partial charge in [-0.05, 0) is 32.0 Å². The number of anilines is 1. The van der Waals surface area contributed by atoms with Crippen LogP contribution < -0.4 is 10.5 Å². The third-order valence-electron chi connectivity index (χ3n) is 2.07. The van der Waals surface area contributed by atoms with E-state index in [0.717, 1.165) is 18.2 Å². The van der Waals surface area contributed by atoms with E-state index >= 15 is 0 Å². The summed E-state index contributed by atoms with van der Waals surface area (Å²) in [5, 5.41) is 9.00. The molecule has 96 valence electrons. The summed E-state index contributed by atoms with van der Waals surface area (Å²) in [4.78, 5) is -0.208. The summed E-state index contributed by atoms with van der Waals surface area (Å²) in [5.74, 6) is -0.608. The van der Waals surface area contributed by atoms with Gasteiger partial charge in [-0.3, -0.25) is 0 Å². The highest BCUT2D eigenvalue weighted by Crippen LogP contribution is 2.20. The molecule has 7 heteroatoms. The van der Waals surface area contributed by atoms with Crippen molar-refractivity contribution in [3.63, 3.8) is 0 Å². The first-order valence-corrected chi connectivity index (χ1v) is 6.36. The first-order valence-electron chi connectivity index (χ1n) is 4.88. The molecule has 1 aromatic rings. The number of nitrogens with two attached hydrogens (primary N) is 1. The fraction of sp³-hybridized carbons (Fsp3) is 0.400. The molecule has 0 bridgehead atoms. The number of nitrogen functional groups attached to an aromatic ring is 1. The molecule has 0 heterocycles. The maximum absolute atomic E-state index is 12.8. The highest BCUT2D eigenvalue weighted by atomic mass is 32.2. The van der Waals surface area contributed by atoms with Crippen LogP contribution in [0.2, 0.25) is 0 Å². The van der Waals surface area contributed by atoms with E-state index in [4.69, 9.17) is 10.8 Å². The average Bonchev–Trinajstić information content (AvgIpc) is 2.15. The van der Waals surface area contributed by atoms with Crippen molar-refractivity contribution in [1.29, 1.82) is 0 Å². The Bertz CT molecular complexity index is 514. The first kappa shape index (κ1) is 13.9. The van der Waals surface area contributed by atoms with E-state index in [1.54, 1.807) is 0 Å². The Morgan fingerprint density at radius 3 is 2.53 bits per heavy atom. The molecule has 0 saturated heterocycles. The van der Waals surface area contributed by atoms with Gasteiger partial charge in [-0.15, -0.1) is 0 Å². The average molecular weight is 262 g/mol. The quantitative estimate of drug-likeness (QED) is 0.687. The number of halogens is 1. The van der Waals surface area contributed by atoms with Crippen molar-refractivity contribution >= 4 is 15.7 Å². The van der Waals surface area contributed by atoms with Crippen LogP contribution in [0, 0.1) is 5.82 Å². The van der Waals surface area contributed by atoms with E-state index in [2.05, 4.69) is 4.72 Å². The smallest absolute Gasteiger partial charge is 0.243 e. The van der Waals surface area contributed by atoms with Gasteiger partial charge < -0.3 is 10.8 Å². The lowest BCUT2D eigenvalue weighted by molar-refractivity contribution is 0.208. The lowest BCUT2D eigenvalue weighted by atomic mass is 10.1. The van der Waals surface area contributed by atoms with Crippen LogP contribution in [0.25, 0.3) is 0 Å². The summed E-state index contributed by atoms with van der Waals surface area (Å²) in [6.07, 6.45) is 0. The summed E-state index contributed by atoms with van der Waals surface area (Å²) in [6, 6.07) is 3.03. The van der Waals surface area contributed by atoms with Gasteiger partial charge in [0.05, 0.1) is 17.8 Å². The van der Waals surface area contributed by atoms with Gasteiger partial charge in [-0.1, -0.05) is 0 Å². The molecule has 0 aliphatic rings. The number of hydrogen-bond donors (Lipinski definition) is 3. The SMILES string of the molecule is CC(C)(CO)NS(=O)(=O)c1ccc(F)cc1N. The Balaban J connectivity index is 3.14. The van der Waals surface area contributed by atoms with Crippen molar-refractivity contribution in [1.82, 2.24) is 4.72 Å². The molecule has 0 radical (unpaired) electrons. The fourth-order valence-corrected chi connectivity index (χ4v) is 2.73. The van der Waals surface area contributed by atoms with Crippen molar-refractivity contribution in [2.24, 2.45) is 0 Å². The third kappa shape index (κ3) is 3.39. The number of aliphatic hydroxyl groups excluding tert-OH is 1. The zero-order valence-corrected chi connectivity index (χ0v) is 10.4. The molecular weight excluding hydrogens is 247 g/mol. The van der Waals surface area contributed by atoms with E-state index in [9.17, 15) is 12.8 Å². The molecule has 1 rings (SSSR count). The molecule has 0 aliphatic carbocycles. The van der Waals surface area contributed by atoms with Gasteiger partial charge in [-0.25, -0.2) is 17.5 Å².